The van der Waals surface area contributed by atoms with E-state index < -0.39 is 0 Å². The lowest BCUT2D eigenvalue weighted by molar-refractivity contribution is -0.118. The Morgan fingerprint density at radius 1 is 1.25 bits per heavy atom. The average Bonchev–Trinajstić information content (AvgIpc) is 2.86. The van der Waals surface area contributed by atoms with Crippen molar-refractivity contribution in [2.24, 2.45) is 5.41 Å². The molecule has 0 amide bonds. The minimum Gasteiger partial charge on any atom is -0.338 e. The molecular weight excluding hydrogens is 324 g/mol. The smallest absolute Gasteiger partial charge is 0.233 e. The van der Waals surface area contributed by atoms with Gasteiger partial charge in [-0.05, 0) is 36.5 Å². The number of aromatic nitrogens is 1. The third-order valence-corrected chi connectivity index (χ3v) is 5.13. The van der Waals surface area contributed by atoms with Crippen LogP contribution in [0.3, 0.4) is 0 Å². The summed E-state index contributed by atoms with van der Waals surface area (Å²) in [7, 11) is 0. The standard InChI is InChI=1S/C19H19ClN2O2/c1-10-15-16(11-4-6-12(20)7-5-11)17-13(21-18(15)24-22-10)8-19(2,3)9-14(17)23/h4-7,16,21H,8-9H2,1-3H3. The number of nitrogens with one attached hydrogen (secondary N) is 1. The van der Waals surface area contributed by atoms with Crippen LogP contribution in [0.5, 0.6) is 0 Å². The SMILES string of the molecule is Cc1noc2c1C(c1ccc(Cl)cc1)C1=C(CC(C)(C)CC1=O)N2. The second-order valence-electron chi connectivity index (χ2n) is 7.45. The number of carbonyl (C=O) groups is 1. The van der Waals surface area contributed by atoms with Crippen LogP contribution in [-0.4, -0.2) is 10.9 Å². The van der Waals surface area contributed by atoms with Gasteiger partial charge < -0.3 is 9.84 Å². The molecule has 0 saturated carbocycles. The number of carbonyl (C=O) groups excluding carboxylic acids is 1. The molecule has 124 valence electrons. The number of benzene rings is 1. The summed E-state index contributed by atoms with van der Waals surface area (Å²) in [5, 5.41) is 8.11. The maximum Gasteiger partial charge on any atom is 0.233 e. The van der Waals surface area contributed by atoms with Crippen LogP contribution in [0.1, 0.15) is 49.4 Å². The van der Waals surface area contributed by atoms with E-state index >= 15 is 0 Å². The fraction of sp³-hybridized carbons (Fsp3) is 0.368. The Balaban J connectivity index is 1.93. The number of rotatable bonds is 1. The van der Waals surface area contributed by atoms with Gasteiger partial charge in [0.25, 0.3) is 0 Å². The molecule has 24 heavy (non-hydrogen) atoms. The van der Waals surface area contributed by atoms with Gasteiger partial charge in [0.05, 0.1) is 11.3 Å². The molecule has 1 atom stereocenters. The molecule has 2 heterocycles. The number of allylic oxidation sites excluding steroid dienone is 2. The summed E-state index contributed by atoms with van der Waals surface area (Å²) in [6.07, 6.45) is 1.37. The second kappa shape index (κ2) is 5.21. The van der Waals surface area contributed by atoms with Gasteiger partial charge in [-0.3, -0.25) is 4.79 Å². The number of ketones is 1. The lowest BCUT2D eigenvalue weighted by Gasteiger charge is -2.37. The highest BCUT2D eigenvalue weighted by molar-refractivity contribution is 6.30. The molecule has 0 saturated heterocycles. The van der Waals surface area contributed by atoms with E-state index in [9.17, 15) is 4.79 Å². The van der Waals surface area contributed by atoms with Gasteiger partial charge in [-0.25, -0.2) is 0 Å². The zero-order valence-corrected chi connectivity index (χ0v) is 14.7. The maximum absolute atomic E-state index is 13.0. The first-order chi connectivity index (χ1) is 11.4. The molecule has 0 fully saturated rings. The fourth-order valence-electron chi connectivity index (χ4n) is 3.86. The minimum absolute atomic E-state index is 0.0555. The van der Waals surface area contributed by atoms with Crippen LogP contribution in [0.4, 0.5) is 5.88 Å². The quantitative estimate of drug-likeness (QED) is 0.805. The summed E-state index contributed by atoms with van der Waals surface area (Å²) in [5.74, 6) is 0.694. The van der Waals surface area contributed by atoms with Gasteiger partial charge in [-0.2, -0.15) is 0 Å². The van der Waals surface area contributed by atoms with Crippen LogP contribution in [0, 0.1) is 12.3 Å². The Morgan fingerprint density at radius 3 is 2.67 bits per heavy atom. The van der Waals surface area contributed by atoms with E-state index in [1.165, 1.54) is 0 Å². The van der Waals surface area contributed by atoms with Gasteiger partial charge in [0, 0.05) is 28.6 Å². The van der Waals surface area contributed by atoms with Gasteiger partial charge >= 0.3 is 0 Å². The number of hydrogen-bond donors (Lipinski definition) is 1. The van der Waals surface area contributed by atoms with Gasteiger partial charge in [0.1, 0.15) is 0 Å². The lowest BCUT2D eigenvalue weighted by Crippen LogP contribution is -2.33. The highest BCUT2D eigenvalue weighted by Crippen LogP contribution is 2.49. The summed E-state index contributed by atoms with van der Waals surface area (Å²) in [6, 6.07) is 7.68. The summed E-state index contributed by atoms with van der Waals surface area (Å²) in [5.41, 5.74) is 4.54. The van der Waals surface area contributed by atoms with E-state index in [0.29, 0.717) is 17.3 Å². The number of hydrogen-bond acceptors (Lipinski definition) is 4. The highest BCUT2D eigenvalue weighted by atomic mass is 35.5. The Labute approximate surface area is 145 Å². The van der Waals surface area contributed by atoms with E-state index in [0.717, 1.165) is 34.5 Å². The molecule has 1 aromatic heterocycles. The van der Waals surface area contributed by atoms with Crippen LogP contribution in [-0.2, 0) is 4.79 Å². The third kappa shape index (κ3) is 2.37. The van der Waals surface area contributed by atoms with Crippen molar-refractivity contribution in [1.82, 2.24) is 5.16 Å². The van der Waals surface area contributed by atoms with Gasteiger partial charge in [0.2, 0.25) is 5.88 Å². The van der Waals surface area contributed by atoms with Crippen molar-refractivity contribution in [3.05, 3.63) is 57.4 Å². The molecule has 1 aliphatic carbocycles. The molecule has 0 spiro atoms. The molecule has 0 bridgehead atoms. The topological polar surface area (TPSA) is 55.1 Å². The molecule has 4 rings (SSSR count). The fourth-order valence-corrected chi connectivity index (χ4v) is 3.98. The van der Waals surface area contributed by atoms with Gasteiger partial charge in [-0.1, -0.05) is 42.7 Å². The molecular formula is C19H19ClN2O2. The Morgan fingerprint density at radius 2 is 1.96 bits per heavy atom. The van der Waals surface area contributed by atoms with E-state index in [1.54, 1.807) is 0 Å². The van der Waals surface area contributed by atoms with Crippen LogP contribution in [0.2, 0.25) is 5.02 Å². The molecule has 2 aromatic rings. The number of halogens is 1. The maximum atomic E-state index is 13.0. The zero-order valence-electron chi connectivity index (χ0n) is 13.9. The monoisotopic (exact) mass is 342 g/mol. The normalized spacial score (nSPS) is 22.0. The minimum atomic E-state index is -0.150. The number of fused-ring (bicyclic) bond motifs is 1. The van der Waals surface area contributed by atoms with Crippen LogP contribution in [0.15, 0.2) is 40.1 Å². The van der Waals surface area contributed by atoms with Crippen molar-refractivity contribution < 1.29 is 9.32 Å². The van der Waals surface area contributed by atoms with Crippen molar-refractivity contribution in [2.45, 2.75) is 39.5 Å². The summed E-state index contributed by atoms with van der Waals surface area (Å²) in [4.78, 5) is 13.0. The number of anilines is 1. The van der Waals surface area contributed by atoms with E-state index in [2.05, 4.69) is 24.3 Å². The first-order valence-electron chi connectivity index (χ1n) is 8.11. The molecule has 2 aliphatic rings. The first kappa shape index (κ1) is 15.5. The number of Topliss-reactive ketones (excluding diaryl/α,β-unsaturated/α-hetero) is 1. The molecule has 1 aliphatic heterocycles. The second-order valence-corrected chi connectivity index (χ2v) is 7.89. The van der Waals surface area contributed by atoms with E-state index in [4.69, 9.17) is 16.1 Å². The number of nitrogens with zero attached hydrogens (tertiary/aromatic N) is 1. The van der Waals surface area contributed by atoms with E-state index in [1.807, 2.05) is 31.2 Å². The summed E-state index contributed by atoms with van der Waals surface area (Å²) >= 11 is 6.04. The van der Waals surface area contributed by atoms with Crippen molar-refractivity contribution in [3.8, 4) is 0 Å². The van der Waals surface area contributed by atoms with Crippen molar-refractivity contribution in [1.29, 1.82) is 0 Å². The van der Waals surface area contributed by atoms with Crippen LogP contribution >= 0.6 is 11.6 Å². The molecule has 1 N–H and O–H groups in total. The van der Waals surface area contributed by atoms with Crippen molar-refractivity contribution in [2.75, 3.05) is 5.32 Å². The predicted molar refractivity (Wildman–Crippen MR) is 93.2 cm³/mol. The number of aryl methyl sites for hydroxylation is 1. The van der Waals surface area contributed by atoms with Gasteiger partial charge in [0.15, 0.2) is 5.78 Å². The molecule has 1 aromatic carbocycles. The molecule has 0 radical (unpaired) electrons. The Hall–Kier alpha value is -2.07. The Bertz CT molecular complexity index is 862. The average molecular weight is 343 g/mol. The third-order valence-electron chi connectivity index (χ3n) is 4.87. The van der Waals surface area contributed by atoms with Crippen molar-refractivity contribution >= 4 is 23.3 Å². The lowest BCUT2D eigenvalue weighted by atomic mass is 9.69. The van der Waals surface area contributed by atoms with Crippen LogP contribution in [0.25, 0.3) is 0 Å². The summed E-state index contributed by atoms with van der Waals surface area (Å²) in [6.45, 7) is 6.15. The predicted octanol–water partition coefficient (Wildman–Crippen LogP) is 4.84. The first-order valence-corrected chi connectivity index (χ1v) is 8.48. The van der Waals surface area contributed by atoms with Gasteiger partial charge in [-0.15, -0.1) is 0 Å². The zero-order chi connectivity index (χ0) is 17.1. The molecule has 4 nitrogen and oxygen atoms in total. The Kier molecular flexibility index (Phi) is 3.36. The van der Waals surface area contributed by atoms with Crippen LogP contribution < -0.4 is 5.32 Å². The van der Waals surface area contributed by atoms with Crippen molar-refractivity contribution in [3.63, 3.8) is 0 Å². The molecule has 5 heteroatoms. The van der Waals surface area contributed by atoms with E-state index in [-0.39, 0.29) is 17.1 Å². The summed E-state index contributed by atoms with van der Waals surface area (Å²) < 4.78 is 5.48. The largest absolute Gasteiger partial charge is 0.338 e. The highest BCUT2D eigenvalue weighted by Gasteiger charge is 2.42. The molecule has 1 unspecified atom stereocenters.